The van der Waals surface area contributed by atoms with Crippen LogP contribution in [-0.2, 0) is 9.53 Å². The summed E-state index contributed by atoms with van der Waals surface area (Å²) in [5.74, 6) is -0.353. The van der Waals surface area contributed by atoms with Crippen molar-refractivity contribution in [3.63, 3.8) is 0 Å². The summed E-state index contributed by atoms with van der Waals surface area (Å²) in [6, 6.07) is 6.67. The van der Waals surface area contributed by atoms with Crippen LogP contribution in [0.2, 0.25) is 0 Å². The second-order valence-corrected chi connectivity index (χ2v) is 5.66. The number of benzene rings is 1. The standard InChI is InChI=1S/C16H21Cl2N3O4/c1-3-25-16(24)21(12(2)22)19-15(23)13-4-6-14(7-5-13)20(10-8-17)11-9-18/h4-7H,3,8-11H2,1-2H3,(H,19,23). The number of halogens is 2. The zero-order valence-electron chi connectivity index (χ0n) is 14.1. The first-order chi connectivity index (χ1) is 11.9. The number of carbonyl (C=O) groups excluding carboxylic acids is 3. The number of hydrogen-bond acceptors (Lipinski definition) is 5. The van der Waals surface area contributed by atoms with E-state index in [-0.39, 0.29) is 12.2 Å². The zero-order chi connectivity index (χ0) is 18.8. The van der Waals surface area contributed by atoms with Crippen LogP contribution >= 0.6 is 23.2 Å². The first kappa shape index (κ1) is 21.1. The summed E-state index contributed by atoms with van der Waals surface area (Å²) in [7, 11) is 0. The van der Waals surface area contributed by atoms with E-state index in [1.807, 2.05) is 4.90 Å². The molecule has 1 aromatic rings. The summed E-state index contributed by atoms with van der Waals surface area (Å²) in [6.45, 7) is 4.09. The average molecular weight is 390 g/mol. The fraction of sp³-hybridized carbons (Fsp3) is 0.438. The van der Waals surface area contributed by atoms with Crippen LogP contribution in [0.15, 0.2) is 24.3 Å². The van der Waals surface area contributed by atoms with Gasteiger partial charge in [0.1, 0.15) is 0 Å². The molecule has 138 valence electrons. The molecule has 3 amide bonds. The minimum Gasteiger partial charge on any atom is -0.448 e. The third kappa shape index (κ3) is 6.43. The van der Waals surface area contributed by atoms with Gasteiger partial charge in [0.25, 0.3) is 5.91 Å². The fourth-order valence-electron chi connectivity index (χ4n) is 2.00. The van der Waals surface area contributed by atoms with Crippen molar-refractivity contribution in [2.45, 2.75) is 13.8 Å². The van der Waals surface area contributed by atoms with Crippen LogP contribution in [0.4, 0.5) is 10.5 Å². The highest BCUT2D eigenvalue weighted by atomic mass is 35.5. The minimum absolute atomic E-state index is 0.0875. The Labute approximate surface area is 156 Å². The van der Waals surface area contributed by atoms with E-state index in [9.17, 15) is 14.4 Å². The van der Waals surface area contributed by atoms with E-state index in [2.05, 4.69) is 5.43 Å². The molecule has 25 heavy (non-hydrogen) atoms. The molecule has 9 heteroatoms. The molecule has 1 rings (SSSR count). The van der Waals surface area contributed by atoms with Gasteiger partial charge in [-0.25, -0.2) is 4.79 Å². The van der Waals surface area contributed by atoms with Crippen molar-refractivity contribution in [1.82, 2.24) is 10.4 Å². The van der Waals surface area contributed by atoms with Gasteiger partial charge in [0.05, 0.1) is 6.61 Å². The van der Waals surface area contributed by atoms with Crippen molar-refractivity contribution < 1.29 is 19.1 Å². The van der Waals surface area contributed by atoms with Crippen LogP contribution in [0.3, 0.4) is 0 Å². The molecule has 0 aromatic heterocycles. The molecule has 7 nitrogen and oxygen atoms in total. The summed E-state index contributed by atoms with van der Waals surface area (Å²) in [4.78, 5) is 37.4. The van der Waals surface area contributed by atoms with Crippen LogP contribution in [0.1, 0.15) is 24.2 Å². The fourth-order valence-corrected chi connectivity index (χ4v) is 2.41. The Bertz CT molecular complexity index is 590. The van der Waals surface area contributed by atoms with E-state index < -0.39 is 17.9 Å². The van der Waals surface area contributed by atoms with Crippen molar-refractivity contribution in [3.05, 3.63) is 29.8 Å². The Morgan fingerprint density at radius 3 is 2.08 bits per heavy atom. The molecule has 0 aliphatic carbocycles. The average Bonchev–Trinajstić information content (AvgIpc) is 2.59. The topological polar surface area (TPSA) is 79.0 Å². The number of ether oxygens (including phenoxy) is 1. The van der Waals surface area contributed by atoms with Gasteiger partial charge in [-0.1, -0.05) is 0 Å². The number of amides is 3. The molecule has 0 aliphatic heterocycles. The number of imide groups is 1. The molecule has 1 N–H and O–H groups in total. The van der Waals surface area contributed by atoms with Gasteiger partial charge >= 0.3 is 6.09 Å². The smallest absolute Gasteiger partial charge is 0.436 e. The normalized spacial score (nSPS) is 10.1. The van der Waals surface area contributed by atoms with Crippen LogP contribution in [0.5, 0.6) is 0 Å². The summed E-state index contributed by atoms with van der Waals surface area (Å²) in [5.41, 5.74) is 3.39. The van der Waals surface area contributed by atoms with Gasteiger partial charge in [0.2, 0.25) is 5.91 Å². The second-order valence-electron chi connectivity index (χ2n) is 4.91. The maximum Gasteiger partial charge on any atom is 0.436 e. The van der Waals surface area contributed by atoms with Gasteiger partial charge < -0.3 is 9.64 Å². The number of nitrogens with one attached hydrogen (secondary N) is 1. The zero-order valence-corrected chi connectivity index (χ0v) is 15.6. The van der Waals surface area contributed by atoms with Gasteiger partial charge in [0.15, 0.2) is 0 Å². The van der Waals surface area contributed by atoms with E-state index in [1.54, 1.807) is 31.2 Å². The first-order valence-electron chi connectivity index (χ1n) is 7.70. The highest BCUT2D eigenvalue weighted by molar-refractivity contribution is 6.18. The highest BCUT2D eigenvalue weighted by Gasteiger charge is 2.22. The Hall–Kier alpha value is -1.99. The number of rotatable bonds is 7. The molecule has 0 saturated heterocycles. The quantitative estimate of drug-likeness (QED) is 0.572. The number of hydrazine groups is 1. The molecule has 1 aromatic carbocycles. The summed E-state index contributed by atoms with van der Waals surface area (Å²) < 4.78 is 4.73. The third-order valence-corrected chi connectivity index (χ3v) is 3.52. The highest BCUT2D eigenvalue weighted by Crippen LogP contribution is 2.16. The number of anilines is 1. The lowest BCUT2D eigenvalue weighted by molar-refractivity contribution is -0.129. The van der Waals surface area contributed by atoms with E-state index >= 15 is 0 Å². The molecule has 0 aliphatic rings. The predicted octanol–water partition coefficient (Wildman–Crippen LogP) is 2.62. The van der Waals surface area contributed by atoms with Crippen LogP contribution in [0, 0.1) is 0 Å². The molecular formula is C16H21Cl2N3O4. The Morgan fingerprint density at radius 2 is 1.64 bits per heavy atom. The molecule has 0 radical (unpaired) electrons. The molecular weight excluding hydrogens is 369 g/mol. The summed E-state index contributed by atoms with van der Waals surface area (Å²) in [5, 5.41) is 0.535. The van der Waals surface area contributed by atoms with Crippen LogP contribution in [0.25, 0.3) is 0 Å². The molecule has 0 unspecified atom stereocenters. The number of carbonyl (C=O) groups is 3. The molecule has 0 heterocycles. The predicted molar refractivity (Wildman–Crippen MR) is 97.1 cm³/mol. The van der Waals surface area contributed by atoms with Crippen LogP contribution < -0.4 is 10.3 Å². The minimum atomic E-state index is -0.935. The molecule has 0 bridgehead atoms. The van der Waals surface area contributed by atoms with E-state index in [0.717, 1.165) is 12.6 Å². The van der Waals surface area contributed by atoms with Gasteiger partial charge in [-0.3, -0.25) is 15.0 Å². The maximum absolute atomic E-state index is 12.2. The van der Waals surface area contributed by atoms with Gasteiger partial charge in [-0.15, -0.1) is 23.2 Å². The number of nitrogens with zero attached hydrogens (tertiary/aromatic N) is 2. The lowest BCUT2D eigenvalue weighted by atomic mass is 10.2. The van der Waals surface area contributed by atoms with E-state index in [0.29, 0.717) is 29.9 Å². The molecule has 0 fully saturated rings. The SMILES string of the molecule is CCOC(=O)N(NC(=O)c1ccc(N(CCCl)CCCl)cc1)C(C)=O. The van der Waals surface area contributed by atoms with Gasteiger partial charge in [0, 0.05) is 43.0 Å². The van der Waals surface area contributed by atoms with E-state index in [1.165, 1.54) is 0 Å². The van der Waals surface area contributed by atoms with Crippen molar-refractivity contribution >= 4 is 46.8 Å². The monoisotopic (exact) mass is 389 g/mol. The third-order valence-electron chi connectivity index (χ3n) is 3.18. The second kappa shape index (κ2) is 10.8. The first-order valence-corrected chi connectivity index (χ1v) is 8.76. The Kier molecular flexibility index (Phi) is 9.08. The molecule has 0 saturated carbocycles. The van der Waals surface area contributed by atoms with E-state index in [4.69, 9.17) is 27.9 Å². The van der Waals surface area contributed by atoms with Crippen LogP contribution in [-0.4, -0.2) is 54.4 Å². The Morgan fingerprint density at radius 1 is 1.08 bits per heavy atom. The lowest BCUT2D eigenvalue weighted by Gasteiger charge is -2.23. The van der Waals surface area contributed by atoms with Gasteiger partial charge in [-0.2, -0.15) is 5.01 Å². The molecule has 0 spiro atoms. The summed E-state index contributed by atoms with van der Waals surface area (Å²) >= 11 is 11.6. The van der Waals surface area contributed by atoms with Crippen molar-refractivity contribution in [1.29, 1.82) is 0 Å². The van der Waals surface area contributed by atoms with Crippen molar-refractivity contribution in [2.24, 2.45) is 0 Å². The Balaban J connectivity index is 2.84. The largest absolute Gasteiger partial charge is 0.448 e. The number of alkyl halides is 2. The lowest BCUT2D eigenvalue weighted by Crippen LogP contribution is -2.49. The van der Waals surface area contributed by atoms with Crippen molar-refractivity contribution in [2.75, 3.05) is 36.4 Å². The summed E-state index contributed by atoms with van der Waals surface area (Å²) in [6.07, 6.45) is -0.935. The van der Waals surface area contributed by atoms with Gasteiger partial charge in [-0.05, 0) is 31.2 Å². The number of hydrogen-bond donors (Lipinski definition) is 1. The van der Waals surface area contributed by atoms with Crippen molar-refractivity contribution in [3.8, 4) is 0 Å². The maximum atomic E-state index is 12.2. The molecule has 0 atom stereocenters.